The van der Waals surface area contributed by atoms with Crippen molar-refractivity contribution in [2.75, 3.05) is 38.5 Å². The maximum atomic E-state index is 12.6. The number of hydrogen-bond donors (Lipinski definition) is 1. The van der Waals surface area contributed by atoms with Gasteiger partial charge in [0.15, 0.2) is 0 Å². The van der Waals surface area contributed by atoms with Crippen LogP contribution in [0.15, 0.2) is 59.1 Å². The molecule has 0 radical (unpaired) electrons. The third kappa shape index (κ3) is 5.88. The Kier molecular flexibility index (Phi) is 7.23. The van der Waals surface area contributed by atoms with Crippen LogP contribution in [0.25, 0.3) is 0 Å². The standard InChI is InChI=1S/C20H24BrN3O3S/c21-19-8-6-18(7-9-19)20(25)22-10-15-28(26,27)24-13-11-23(12-14-24)16-17-4-2-1-3-5-17/h1-9H,10-16H2,(H,22,25). The fourth-order valence-corrected chi connectivity index (χ4v) is 4.74. The molecule has 2 aromatic rings. The van der Waals surface area contributed by atoms with Crippen LogP contribution < -0.4 is 5.32 Å². The van der Waals surface area contributed by atoms with E-state index < -0.39 is 10.0 Å². The monoisotopic (exact) mass is 465 g/mol. The molecule has 28 heavy (non-hydrogen) atoms. The second kappa shape index (κ2) is 9.65. The molecular weight excluding hydrogens is 442 g/mol. The van der Waals surface area contributed by atoms with Crippen molar-refractivity contribution in [2.45, 2.75) is 6.54 Å². The number of piperazine rings is 1. The van der Waals surface area contributed by atoms with Crippen LogP contribution in [0.4, 0.5) is 0 Å². The molecule has 0 aromatic heterocycles. The van der Waals surface area contributed by atoms with Crippen molar-refractivity contribution in [1.29, 1.82) is 0 Å². The number of nitrogens with one attached hydrogen (secondary N) is 1. The van der Waals surface area contributed by atoms with Crippen molar-refractivity contribution in [3.8, 4) is 0 Å². The Balaban J connectivity index is 1.43. The molecule has 1 N–H and O–H groups in total. The van der Waals surface area contributed by atoms with Crippen LogP contribution in [0.3, 0.4) is 0 Å². The Labute approximate surface area is 174 Å². The number of benzene rings is 2. The Morgan fingerprint density at radius 3 is 2.25 bits per heavy atom. The third-order valence-corrected chi connectivity index (χ3v) is 7.13. The average Bonchev–Trinajstić information content (AvgIpc) is 2.69. The van der Waals surface area contributed by atoms with Crippen LogP contribution in [0.1, 0.15) is 15.9 Å². The van der Waals surface area contributed by atoms with Crippen LogP contribution in [0.5, 0.6) is 0 Å². The first-order valence-electron chi connectivity index (χ1n) is 9.22. The molecule has 1 heterocycles. The van der Waals surface area contributed by atoms with Gasteiger partial charge in [-0.05, 0) is 29.8 Å². The summed E-state index contributed by atoms with van der Waals surface area (Å²) in [4.78, 5) is 14.4. The van der Waals surface area contributed by atoms with E-state index in [1.807, 2.05) is 18.2 Å². The molecular formula is C20H24BrN3O3S. The number of carbonyl (C=O) groups is 1. The first-order chi connectivity index (χ1) is 13.4. The summed E-state index contributed by atoms with van der Waals surface area (Å²) in [5.74, 6) is -0.357. The molecule has 3 rings (SSSR count). The molecule has 1 fully saturated rings. The minimum absolute atomic E-state index is 0.0893. The molecule has 0 atom stereocenters. The van der Waals surface area contributed by atoms with E-state index in [0.717, 1.165) is 11.0 Å². The molecule has 8 heteroatoms. The van der Waals surface area contributed by atoms with Gasteiger partial charge in [-0.25, -0.2) is 8.42 Å². The van der Waals surface area contributed by atoms with Crippen molar-refractivity contribution in [1.82, 2.24) is 14.5 Å². The van der Waals surface area contributed by atoms with Gasteiger partial charge < -0.3 is 5.32 Å². The van der Waals surface area contributed by atoms with E-state index in [0.29, 0.717) is 31.7 Å². The number of carbonyl (C=O) groups excluding carboxylic acids is 1. The SMILES string of the molecule is O=C(NCCS(=O)(=O)N1CCN(Cc2ccccc2)CC1)c1ccc(Br)cc1. The highest BCUT2D eigenvalue weighted by Crippen LogP contribution is 2.12. The molecule has 150 valence electrons. The van der Waals surface area contributed by atoms with Crippen LogP contribution in [-0.4, -0.2) is 62.0 Å². The molecule has 6 nitrogen and oxygen atoms in total. The van der Waals surface area contributed by atoms with Crippen molar-refractivity contribution >= 4 is 31.9 Å². The van der Waals surface area contributed by atoms with E-state index in [1.54, 1.807) is 24.3 Å². The lowest BCUT2D eigenvalue weighted by Crippen LogP contribution is -2.49. The molecule has 1 amide bonds. The molecule has 0 aliphatic carbocycles. The Hall–Kier alpha value is -1.74. The van der Waals surface area contributed by atoms with E-state index in [1.165, 1.54) is 9.87 Å². The molecule has 1 saturated heterocycles. The predicted molar refractivity (Wildman–Crippen MR) is 114 cm³/mol. The van der Waals surface area contributed by atoms with Gasteiger partial charge in [0.2, 0.25) is 10.0 Å². The summed E-state index contributed by atoms with van der Waals surface area (Å²) in [7, 11) is -3.38. The van der Waals surface area contributed by atoms with Gasteiger partial charge in [-0.15, -0.1) is 0 Å². The van der Waals surface area contributed by atoms with Gasteiger partial charge in [-0.2, -0.15) is 4.31 Å². The maximum Gasteiger partial charge on any atom is 0.251 e. The van der Waals surface area contributed by atoms with Gasteiger partial charge in [-0.3, -0.25) is 9.69 Å². The first-order valence-corrected chi connectivity index (χ1v) is 11.6. The number of rotatable bonds is 7. The van der Waals surface area contributed by atoms with E-state index in [9.17, 15) is 13.2 Å². The quantitative estimate of drug-likeness (QED) is 0.680. The van der Waals surface area contributed by atoms with Crippen LogP contribution in [-0.2, 0) is 16.6 Å². The van der Waals surface area contributed by atoms with Crippen molar-refractivity contribution in [3.05, 3.63) is 70.2 Å². The van der Waals surface area contributed by atoms with Gasteiger partial charge >= 0.3 is 0 Å². The summed E-state index contributed by atoms with van der Waals surface area (Å²) < 4.78 is 27.5. The number of sulfonamides is 1. The zero-order chi connectivity index (χ0) is 20.0. The number of halogens is 1. The predicted octanol–water partition coefficient (Wildman–Crippen LogP) is 2.33. The van der Waals surface area contributed by atoms with E-state index in [-0.39, 0.29) is 18.2 Å². The zero-order valence-electron chi connectivity index (χ0n) is 15.6. The number of hydrogen-bond acceptors (Lipinski definition) is 4. The topological polar surface area (TPSA) is 69.7 Å². The first kappa shape index (κ1) is 21.0. The average molecular weight is 466 g/mol. The van der Waals surface area contributed by atoms with Gasteiger partial charge in [0.05, 0.1) is 5.75 Å². The fourth-order valence-electron chi connectivity index (χ4n) is 3.13. The molecule has 1 aliphatic heterocycles. The summed E-state index contributed by atoms with van der Waals surface area (Å²) in [6.07, 6.45) is 0. The zero-order valence-corrected chi connectivity index (χ0v) is 18.0. The molecule has 0 saturated carbocycles. The van der Waals surface area contributed by atoms with E-state index in [2.05, 4.69) is 38.3 Å². The summed E-state index contributed by atoms with van der Waals surface area (Å²) >= 11 is 3.32. The van der Waals surface area contributed by atoms with Crippen LogP contribution in [0.2, 0.25) is 0 Å². The van der Waals surface area contributed by atoms with Gasteiger partial charge in [-0.1, -0.05) is 46.3 Å². The minimum Gasteiger partial charge on any atom is -0.351 e. The highest BCUT2D eigenvalue weighted by Gasteiger charge is 2.26. The highest BCUT2D eigenvalue weighted by molar-refractivity contribution is 9.10. The Morgan fingerprint density at radius 1 is 0.964 bits per heavy atom. The fraction of sp³-hybridized carbons (Fsp3) is 0.350. The molecule has 1 aliphatic rings. The van der Waals surface area contributed by atoms with Gasteiger partial charge in [0, 0.05) is 49.3 Å². The molecule has 0 bridgehead atoms. The smallest absolute Gasteiger partial charge is 0.251 e. The van der Waals surface area contributed by atoms with Crippen molar-refractivity contribution < 1.29 is 13.2 Å². The second-order valence-corrected chi connectivity index (χ2v) is 9.74. The summed E-state index contributed by atoms with van der Waals surface area (Å²) in [5, 5.41) is 2.68. The summed E-state index contributed by atoms with van der Waals surface area (Å²) in [6.45, 7) is 3.31. The molecule has 0 unspecified atom stereocenters. The lowest BCUT2D eigenvalue weighted by molar-refractivity contribution is 0.0956. The van der Waals surface area contributed by atoms with Crippen LogP contribution >= 0.6 is 15.9 Å². The Bertz CT molecular complexity index is 881. The molecule has 2 aromatic carbocycles. The van der Waals surface area contributed by atoms with Crippen LogP contribution in [0, 0.1) is 0 Å². The second-order valence-electron chi connectivity index (χ2n) is 6.74. The van der Waals surface area contributed by atoms with Crippen molar-refractivity contribution in [2.24, 2.45) is 0 Å². The largest absolute Gasteiger partial charge is 0.351 e. The summed E-state index contributed by atoms with van der Waals surface area (Å²) in [5.41, 5.74) is 1.74. The van der Waals surface area contributed by atoms with Crippen molar-refractivity contribution in [3.63, 3.8) is 0 Å². The van der Waals surface area contributed by atoms with E-state index >= 15 is 0 Å². The summed E-state index contributed by atoms with van der Waals surface area (Å²) in [6, 6.07) is 17.1. The van der Waals surface area contributed by atoms with E-state index in [4.69, 9.17) is 0 Å². The lowest BCUT2D eigenvalue weighted by atomic mass is 10.2. The van der Waals surface area contributed by atoms with Gasteiger partial charge in [0.25, 0.3) is 5.91 Å². The van der Waals surface area contributed by atoms with Gasteiger partial charge in [0.1, 0.15) is 0 Å². The highest BCUT2D eigenvalue weighted by atomic mass is 79.9. The maximum absolute atomic E-state index is 12.6. The number of amides is 1. The number of nitrogens with zero attached hydrogens (tertiary/aromatic N) is 2. The normalized spacial score (nSPS) is 16.0. The molecule has 0 spiro atoms. The minimum atomic E-state index is -3.38. The lowest BCUT2D eigenvalue weighted by Gasteiger charge is -2.34. The third-order valence-electron chi connectivity index (χ3n) is 4.73. The Morgan fingerprint density at radius 2 is 1.61 bits per heavy atom.